The molecule has 24 heavy (non-hydrogen) atoms. The molecule has 0 aliphatic rings. The lowest BCUT2D eigenvalue weighted by molar-refractivity contribution is -0.225. The van der Waals surface area contributed by atoms with Crippen molar-refractivity contribution in [2.45, 2.75) is 13.0 Å². The molecule has 1 atom stereocenters. The summed E-state index contributed by atoms with van der Waals surface area (Å²) < 4.78 is 18.3. The van der Waals surface area contributed by atoms with Gasteiger partial charge < -0.3 is 9.84 Å². The fraction of sp³-hybridized carbons (Fsp3) is 0.125. The van der Waals surface area contributed by atoms with E-state index < -0.39 is 12.0 Å². The van der Waals surface area contributed by atoms with Crippen molar-refractivity contribution in [1.82, 2.24) is 20.6 Å². The van der Waals surface area contributed by atoms with Crippen LogP contribution in [0, 0.1) is 5.82 Å². The van der Waals surface area contributed by atoms with Crippen LogP contribution in [-0.4, -0.2) is 32.6 Å². The molecule has 0 radical (unpaired) electrons. The third-order valence-electron chi connectivity index (χ3n) is 3.16. The Labute approximate surface area is 136 Å². The number of aliphatic imine (C=N–C) groups is 1. The maximum Gasteiger partial charge on any atom is 0.204 e. The standard InChI is InChI=1S/C16H14FN5O2/c1-10(24-14-7-5-12(17)6-8-14)16(23)18-13-4-2-3-11(9-13)15-19-21-22-20-15/h2-10H,1H3,(H,18,23)(H,19,20,21,22)/p-1/t10-/m0/s1. The number of rotatable bonds is 5. The molecule has 7 nitrogen and oxygen atoms in total. The molecule has 0 amide bonds. The molecule has 0 unspecified atom stereocenters. The second kappa shape index (κ2) is 6.86. The Kier molecular flexibility index (Phi) is 4.46. The number of ether oxygens (including phenoxy) is 1. The van der Waals surface area contributed by atoms with Gasteiger partial charge in [-0.2, -0.15) is 5.21 Å². The van der Waals surface area contributed by atoms with Gasteiger partial charge >= 0.3 is 0 Å². The number of nitrogens with zero attached hydrogens (tertiary/aromatic N) is 4. The summed E-state index contributed by atoms with van der Waals surface area (Å²) >= 11 is 0. The lowest BCUT2D eigenvalue weighted by Gasteiger charge is -2.20. The maximum atomic E-state index is 12.9. The number of hydrogen-bond donors (Lipinski definition) is 1. The van der Waals surface area contributed by atoms with Gasteiger partial charge in [-0.1, -0.05) is 12.1 Å². The van der Waals surface area contributed by atoms with Crippen molar-refractivity contribution in [2.24, 2.45) is 4.99 Å². The van der Waals surface area contributed by atoms with E-state index in [-0.39, 0.29) is 5.82 Å². The number of benzene rings is 2. The number of aromatic nitrogens is 4. The third-order valence-corrected chi connectivity index (χ3v) is 3.16. The number of H-pyrrole nitrogens is 1. The Morgan fingerprint density at radius 3 is 2.75 bits per heavy atom. The predicted molar refractivity (Wildman–Crippen MR) is 83.2 cm³/mol. The maximum absolute atomic E-state index is 12.9. The van der Waals surface area contributed by atoms with E-state index in [9.17, 15) is 9.50 Å². The average Bonchev–Trinajstić information content (AvgIpc) is 3.12. The molecule has 1 aromatic heterocycles. The first-order valence-electron chi connectivity index (χ1n) is 7.13. The first kappa shape index (κ1) is 15.6. The highest BCUT2D eigenvalue weighted by atomic mass is 19.1. The highest BCUT2D eigenvalue weighted by Gasteiger charge is 2.06. The van der Waals surface area contributed by atoms with Crippen molar-refractivity contribution < 1.29 is 14.2 Å². The minimum absolute atomic E-state index is 0.371. The SMILES string of the molecule is C[C@H](Oc1ccc(F)cc1)C([O-])=Nc1cccc(-c2nn[nH]n2)c1. The molecule has 0 aliphatic heterocycles. The number of halogens is 1. The van der Waals surface area contributed by atoms with Crippen molar-refractivity contribution in [3.05, 3.63) is 54.3 Å². The van der Waals surface area contributed by atoms with Gasteiger partial charge in [-0.05, 0) is 48.5 Å². The van der Waals surface area contributed by atoms with Crippen LogP contribution < -0.4 is 9.84 Å². The molecule has 0 spiro atoms. The summed E-state index contributed by atoms with van der Waals surface area (Å²) in [5, 5.41) is 25.8. The molecule has 0 saturated heterocycles. The Morgan fingerprint density at radius 2 is 2.04 bits per heavy atom. The fourth-order valence-electron chi connectivity index (χ4n) is 1.98. The lowest BCUT2D eigenvalue weighted by atomic mass is 10.2. The molecule has 0 fully saturated rings. The minimum atomic E-state index is -0.802. The van der Waals surface area contributed by atoms with Crippen LogP contribution in [0.1, 0.15) is 6.92 Å². The first-order chi connectivity index (χ1) is 11.6. The van der Waals surface area contributed by atoms with E-state index in [0.717, 1.165) is 0 Å². The van der Waals surface area contributed by atoms with Crippen molar-refractivity contribution in [1.29, 1.82) is 0 Å². The predicted octanol–water partition coefficient (Wildman–Crippen LogP) is 1.86. The summed E-state index contributed by atoms with van der Waals surface area (Å²) in [4.78, 5) is 4.02. The van der Waals surface area contributed by atoms with E-state index in [0.29, 0.717) is 22.8 Å². The molecule has 0 saturated carbocycles. The number of nitrogens with one attached hydrogen (secondary N) is 1. The average molecular weight is 326 g/mol. The summed E-state index contributed by atoms with van der Waals surface area (Å²) in [6.45, 7) is 1.58. The zero-order chi connectivity index (χ0) is 16.9. The number of hydrogen-bond acceptors (Lipinski definition) is 6. The quantitative estimate of drug-likeness (QED) is 0.570. The van der Waals surface area contributed by atoms with E-state index in [1.165, 1.54) is 24.3 Å². The lowest BCUT2D eigenvalue weighted by Crippen LogP contribution is -2.34. The van der Waals surface area contributed by atoms with Gasteiger partial charge in [0, 0.05) is 11.5 Å². The number of tetrazole rings is 1. The van der Waals surface area contributed by atoms with Crippen molar-refractivity contribution in [2.75, 3.05) is 0 Å². The second-order valence-corrected chi connectivity index (χ2v) is 4.95. The van der Waals surface area contributed by atoms with Crippen molar-refractivity contribution in [3.8, 4) is 17.1 Å². The Hall–Kier alpha value is -3.29. The summed E-state index contributed by atoms with van der Waals surface area (Å²) in [6.07, 6.45) is -0.802. The fourth-order valence-corrected chi connectivity index (χ4v) is 1.98. The van der Waals surface area contributed by atoms with Gasteiger partial charge in [-0.3, -0.25) is 4.99 Å². The van der Waals surface area contributed by atoms with Crippen molar-refractivity contribution in [3.63, 3.8) is 0 Å². The Balaban J connectivity index is 1.75. The molecule has 1 N–H and O–H groups in total. The first-order valence-corrected chi connectivity index (χ1v) is 7.13. The van der Waals surface area contributed by atoms with E-state index in [4.69, 9.17) is 4.74 Å². The van der Waals surface area contributed by atoms with Gasteiger partial charge in [0.1, 0.15) is 17.7 Å². The van der Waals surface area contributed by atoms with Crippen molar-refractivity contribution >= 4 is 11.6 Å². The number of aromatic amines is 1. The topological polar surface area (TPSA) is 99.1 Å². The van der Waals surface area contributed by atoms with Gasteiger partial charge in [0.05, 0.1) is 5.69 Å². The zero-order valence-electron chi connectivity index (χ0n) is 12.7. The van der Waals surface area contributed by atoms with Crippen LogP contribution in [0.15, 0.2) is 53.5 Å². The third kappa shape index (κ3) is 3.72. The second-order valence-electron chi connectivity index (χ2n) is 4.95. The highest BCUT2D eigenvalue weighted by Crippen LogP contribution is 2.21. The largest absolute Gasteiger partial charge is 0.859 e. The van der Waals surface area contributed by atoms with Crippen LogP contribution in [0.4, 0.5) is 10.1 Å². The summed E-state index contributed by atoms with van der Waals surface area (Å²) in [6, 6.07) is 12.3. The van der Waals surface area contributed by atoms with E-state index >= 15 is 0 Å². The van der Waals surface area contributed by atoms with Gasteiger partial charge in [0.2, 0.25) is 5.82 Å². The molecule has 0 aliphatic carbocycles. The Morgan fingerprint density at radius 1 is 1.25 bits per heavy atom. The van der Waals surface area contributed by atoms with Crippen LogP contribution in [0.5, 0.6) is 5.75 Å². The van der Waals surface area contributed by atoms with Crippen LogP contribution in [-0.2, 0) is 0 Å². The molecule has 8 heteroatoms. The molecule has 122 valence electrons. The van der Waals surface area contributed by atoms with Crippen LogP contribution in [0.25, 0.3) is 11.4 Å². The van der Waals surface area contributed by atoms with Crippen LogP contribution in [0.2, 0.25) is 0 Å². The summed E-state index contributed by atoms with van der Waals surface area (Å²) in [5.41, 5.74) is 1.14. The summed E-state index contributed by atoms with van der Waals surface area (Å²) in [5.74, 6) is -0.0167. The molecule has 2 aromatic carbocycles. The molecule has 1 heterocycles. The molecule has 3 rings (SSSR count). The molecular formula is C16H13FN5O2-. The van der Waals surface area contributed by atoms with Crippen LogP contribution >= 0.6 is 0 Å². The smallest absolute Gasteiger partial charge is 0.204 e. The zero-order valence-corrected chi connectivity index (χ0v) is 12.7. The van der Waals surface area contributed by atoms with E-state index in [1.807, 2.05) is 0 Å². The Bertz CT molecular complexity index is 834. The van der Waals surface area contributed by atoms with Gasteiger partial charge in [-0.25, -0.2) is 4.39 Å². The van der Waals surface area contributed by atoms with Gasteiger partial charge in [-0.15, -0.1) is 10.2 Å². The van der Waals surface area contributed by atoms with Crippen LogP contribution in [0.3, 0.4) is 0 Å². The molecule has 0 bridgehead atoms. The van der Waals surface area contributed by atoms with E-state index in [2.05, 4.69) is 25.6 Å². The highest BCUT2D eigenvalue weighted by molar-refractivity contribution is 5.80. The van der Waals surface area contributed by atoms with Gasteiger partial charge in [0.25, 0.3) is 0 Å². The molecular weight excluding hydrogens is 313 g/mol. The monoisotopic (exact) mass is 326 g/mol. The summed E-state index contributed by atoms with van der Waals surface area (Å²) in [7, 11) is 0. The van der Waals surface area contributed by atoms with E-state index in [1.54, 1.807) is 31.2 Å². The minimum Gasteiger partial charge on any atom is -0.859 e. The normalized spacial score (nSPS) is 12.8. The van der Waals surface area contributed by atoms with Gasteiger partial charge in [0.15, 0.2) is 0 Å². The molecule has 3 aromatic rings.